The minimum atomic E-state index is -0.562. The van der Waals surface area contributed by atoms with E-state index < -0.39 is 11.9 Å². The molecular formula is C10H13NO3. The van der Waals surface area contributed by atoms with Crippen molar-refractivity contribution in [3.8, 4) is 0 Å². The van der Waals surface area contributed by atoms with Gasteiger partial charge in [0.05, 0.1) is 0 Å². The molecule has 0 atom stereocenters. The van der Waals surface area contributed by atoms with Gasteiger partial charge in [-0.05, 0) is 12.1 Å². The summed E-state index contributed by atoms with van der Waals surface area (Å²) in [5.74, 6) is -1.12. The molecule has 0 amide bonds. The zero-order chi connectivity index (χ0) is 11.0. The Bertz CT molecular complexity index is 283. The summed E-state index contributed by atoms with van der Waals surface area (Å²) >= 11 is 0. The van der Waals surface area contributed by atoms with Crippen LogP contribution in [-0.2, 0) is 14.3 Å². The molecule has 4 nitrogen and oxygen atoms in total. The average molecular weight is 195 g/mol. The molecule has 0 spiro atoms. The third kappa shape index (κ3) is 8.26. The van der Waals surface area contributed by atoms with Gasteiger partial charge in [0.2, 0.25) is 0 Å². The van der Waals surface area contributed by atoms with Gasteiger partial charge in [0.25, 0.3) is 0 Å². The minimum absolute atomic E-state index is 0.562. The van der Waals surface area contributed by atoms with Crippen molar-refractivity contribution in [1.29, 1.82) is 0 Å². The summed E-state index contributed by atoms with van der Waals surface area (Å²) in [4.78, 5) is 19.6. The Kier molecular flexibility index (Phi) is 5.78. The van der Waals surface area contributed by atoms with Crippen LogP contribution in [0.15, 0.2) is 30.3 Å². The first-order chi connectivity index (χ1) is 6.52. The first kappa shape index (κ1) is 12.2. The largest absolute Gasteiger partial charge is 0.399 e. The van der Waals surface area contributed by atoms with E-state index in [0.717, 1.165) is 5.69 Å². The van der Waals surface area contributed by atoms with Crippen molar-refractivity contribution in [2.45, 2.75) is 13.8 Å². The Morgan fingerprint density at radius 2 is 1.50 bits per heavy atom. The van der Waals surface area contributed by atoms with Crippen molar-refractivity contribution >= 4 is 17.6 Å². The van der Waals surface area contributed by atoms with Crippen molar-refractivity contribution in [2.75, 3.05) is 5.73 Å². The molecule has 2 N–H and O–H groups in total. The zero-order valence-electron chi connectivity index (χ0n) is 8.19. The molecule has 0 unspecified atom stereocenters. The predicted octanol–water partition coefficient (Wildman–Crippen LogP) is 1.36. The van der Waals surface area contributed by atoms with Crippen molar-refractivity contribution in [1.82, 2.24) is 0 Å². The second-order valence-corrected chi connectivity index (χ2v) is 2.50. The Hall–Kier alpha value is -1.84. The van der Waals surface area contributed by atoms with E-state index in [-0.39, 0.29) is 0 Å². The zero-order valence-corrected chi connectivity index (χ0v) is 8.19. The van der Waals surface area contributed by atoms with Gasteiger partial charge in [0.1, 0.15) is 0 Å². The number of nitrogens with two attached hydrogens (primary N) is 1. The lowest BCUT2D eigenvalue weighted by atomic mass is 10.3. The summed E-state index contributed by atoms with van der Waals surface area (Å²) < 4.78 is 3.97. The van der Waals surface area contributed by atoms with Crippen LogP contribution in [0.3, 0.4) is 0 Å². The monoisotopic (exact) mass is 195 g/mol. The highest BCUT2D eigenvalue weighted by molar-refractivity contribution is 5.82. The number of ether oxygens (including phenoxy) is 1. The molecule has 4 heteroatoms. The molecule has 76 valence electrons. The molecule has 0 fully saturated rings. The SMILES string of the molecule is CC(=O)OC(C)=O.Nc1ccccc1. The fourth-order valence-corrected chi connectivity index (χ4v) is 0.655. The van der Waals surface area contributed by atoms with Crippen LogP contribution in [0, 0.1) is 0 Å². The molecular weight excluding hydrogens is 182 g/mol. The second-order valence-electron chi connectivity index (χ2n) is 2.50. The highest BCUT2D eigenvalue weighted by Gasteiger charge is 1.93. The second kappa shape index (κ2) is 6.65. The van der Waals surface area contributed by atoms with E-state index in [4.69, 9.17) is 5.73 Å². The average Bonchev–Trinajstić information content (AvgIpc) is 2.03. The third-order valence-corrected chi connectivity index (χ3v) is 1.09. The van der Waals surface area contributed by atoms with Crippen LogP contribution in [0.4, 0.5) is 5.69 Å². The molecule has 0 aliphatic heterocycles. The highest BCUT2D eigenvalue weighted by Crippen LogP contribution is 1.95. The minimum Gasteiger partial charge on any atom is -0.399 e. The van der Waals surface area contributed by atoms with E-state index in [1.807, 2.05) is 30.3 Å². The van der Waals surface area contributed by atoms with Crippen LogP contribution in [0.2, 0.25) is 0 Å². The topological polar surface area (TPSA) is 69.4 Å². The summed E-state index contributed by atoms with van der Waals surface area (Å²) in [6, 6.07) is 9.49. The smallest absolute Gasteiger partial charge is 0.310 e. The van der Waals surface area contributed by atoms with Crippen LogP contribution >= 0.6 is 0 Å². The molecule has 1 rings (SSSR count). The summed E-state index contributed by atoms with van der Waals surface area (Å²) in [5.41, 5.74) is 6.18. The Labute approximate surface area is 82.7 Å². The van der Waals surface area contributed by atoms with Gasteiger partial charge in [-0.1, -0.05) is 18.2 Å². The van der Waals surface area contributed by atoms with Crippen LogP contribution in [0.1, 0.15) is 13.8 Å². The maximum atomic E-state index is 9.81. The number of hydrogen-bond donors (Lipinski definition) is 1. The predicted molar refractivity (Wildman–Crippen MR) is 53.3 cm³/mol. The molecule has 0 aliphatic carbocycles. The lowest BCUT2D eigenvalue weighted by molar-refractivity contribution is -0.156. The van der Waals surface area contributed by atoms with Gasteiger partial charge in [0, 0.05) is 19.5 Å². The molecule has 0 saturated carbocycles. The summed E-state index contributed by atoms with van der Waals surface area (Å²) in [5, 5.41) is 0. The number of hydrogen-bond acceptors (Lipinski definition) is 4. The van der Waals surface area contributed by atoms with E-state index in [9.17, 15) is 9.59 Å². The first-order valence-corrected chi connectivity index (χ1v) is 4.02. The van der Waals surface area contributed by atoms with Crippen LogP contribution in [0.5, 0.6) is 0 Å². The fourth-order valence-electron chi connectivity index (χ4n) is 0.655. The fraction of sp³-hybridized carbons (Fsp3) is 0.200. The van der Waals surface area contributed by atoms with Crippen LogP contribution in [-0.4, -0.2) is 11.9 Å². The van der Waals surface area contributed by atoms with Gasteiger partial charge in [-0.15, -0.1) is 0 Å². The van der Waals surface area contributed by atoms with Crippen molar-refractivity contribution < 1.29 is 14.3 Å². The summed E-state index contributed by atoms with van der Waals surface area (Å²) in [7, 11) is 0. The van der Waals surface area contributed by atoms with E-state index in [1.54, 1.807) is 0 Å². The van der Waals surface area contributed by atoms with Gasteiger partial charge in [0.15, 0.2) is 0 Å². The maximum Gasteiger partial charge on any atom is 0.310 e. The van der Waals surface area contributed by atoms with E-state index in [0.29, 0.717) is 0 Å². The number of anilines is 1. The summed E-state index contributed by atoms with van der Waals surface area (Å²) in [6.07, 6.45) is 0. The molecule has 0 radical (unpaired) electrons. The summed E-state index contributed by atoms with van der Waals surface area (Å²) in [6.45, 7) is 2.36. The lowest BCUT2D eigenvalue weighted by Gasteiger charge is -1.87. The molecule has 0 heterocycles. The van der Waals surface area contributed by atoms with Crippen LogP contribution < -0.4 is 5.73 Å². The molecule has 1 aromatic rings. The third-order valence-electron chi connectivity index (χ3n) is 1.09. The lowest BCUT2D eigenvalue weighted by Crippen LogP contribution is -2.03. The molecule has 0 aromatic heterocycles. The highest BCUT2D eigenvalue weighted by atomic mass is 16.6. The van der Waals surface area contributed by atoms with E-state index in [1.165, 1.54) is 13.8 Å². The van der Waals surface area contributed by atoms with Crippen molar-refractivity contribution in [3.05, 3.63) is 30.3 Å². The molecule has 0 aliphatic rings. The Balaban J connectivity index is 0.000000241. The van der Waals surface area contributed by atoms with Gasteiger partial charge < -0.3 is 10.5 Å². The van der Waals surface area contributed by atoms with Gasteiger partial charge in [-0.3, -0.25) is 9.59 Å². The number of carbonyl (C=O) groups excluding carboxylic acids is 2. The first-order valence-electron chi connectivity index (χ1n) is 4.02. The quantitative estimate of drug-likeness (QED) is 0.385. The van der Waals surface area contributed by atoms with Gasteiger partial charge >= 0.3 is 11.9 Å². The van der Waals surface area contributed by atoms with E-state index in [2.05, 4.69) is 4.74 Å². The van der Waals surface area contributed by atoms with Crippen molar-refractivity contribution in [2.24, 2.45) is 0 Å². The number of benzene rings is 1. The van der Waals surface area contributed by atoms with Gasteiger partial charge in [-0.25, -0.2) is 0 Å². The number of rotatable bonds is 0. The molecule has 1 aromatic carbocycles. The van der Waals surface area contributed by atoms with Gasteiger partial charge in [-0.2, -0.15) is 0 Å². The number of esters is 2. The molecule has 0 saturated heterocycles. The normalized spacial score (nSPS) is 8.14. The Morgan fingerprint density at radius 3 is 1.64 bits per heavy atom. The van der Waals surface area contributed by atoms with Crippen LogP contribution in [0.25, 0.3) is 0 Å². The molecule has 0 bridgehead atoms. The standard InChI is InChI=1S/C6H7N.C4H6O3/c7-6-4-2-1-3-5-6;1-3(5)7-4(2)6/h1-5H,7H2;1-2H3. The number of carbonyl (C=O) groups is 2. The Morgan fingerprint density at radius 1 is 1.07 bits per heavy atom. The number of nitrogen functional groups attached to an aromatic ring is 1. The van der Waals surface area contributed by atoms with E-state index >= 15 is 0 Å². The number of para-hydroxylation sites is 1. The van der Waals surface area contributed by atoms with Crippen molar-refractivity contribution in [3.63, 3.8) is 0 Å². The molecule has 14 heavy (non-hydrogen) atoms. The maximum absolute atomic E-state index is 9.81.